The molecule has 1 fully saturated rings. The van der Waals surface area contributed by atoms with Crippen molar-refractivity contribution in [1.29, 1.82) is 5.26 Å². The number of ether oxygens (including phenoxy) is 1. The van der Waals surface area contributed by atoms with E-state index in [1.807, 2.05) is 18.2 Å². The molecule has 0 aromatic heterocycles. The summed E-state index contributed by atoms with van der Waals surface area (Å²) in [5, 5.41) is 9.42. The highest BCUT2D eigenvalue weighted by Crippen LogP contribution is 2.45. The van der Waals surface area contributed by atoms with Gasteiger partial charge in [-0.1, -0.05) is 36.8 Å². The van der Waals surface area contributed by atoms with Gasteiger partial charge in [0, 0.05) is 11.8 Å². The number of fused-ring (bicyclic) bond motifs is 1. The zero-order valence-electron chi connectivity index (χ0n) is 10.9. The predicted octanol–water partition coefficient (Wildman–Crippen LogP) is 3.05. The molecule has 1 heterocycles. The molecule has 3 heteroatoms. The Balaban J connectivity index is 2.06. The van der Waals surface area contributed by atoms with Gasteiger partial charge in [-0.05, 0) is 24.8 Å². The summed E-state index contributed by atoms with van der Waals surface area (Å²) >= 11 is 0. The van der Waals surface area contributed by atoms with Gasteiger partial charge in [0.05, 0.1) is 5.57 Å². The SMILES string of the molecule is N#CC1=C(N)OC2CCCCC2C1c1ccccc1. The van der Waals surface area contributed by atoms with Crippen LogP contribution in [0, 0.1) is 17.2 Å². The minimum absolute atomic E-state index is 0.102. The van der Waals surface area contributed by atoms with E-state index in [1.165, 1.54) is 18.4 Å². The number of nitrogens with two attached hydrogens (primary N) is 1. The number of hydrogen-bond acceptors (Lipinski definition) is 3. The topological polar surface area (TPSA) is 59.0 Å². The van der Waals surface area contributed by atoms with Crippen molar-refractivity contribution in [2.75, 3.05) is 0 Å². The van der Waals surface area contributed by atoms with E-state index < -0.39 is 0 Å². The molecule has 1 aliphatic heterocycles. The summed E-state index contributed by atoms with van der Waals surface area (Å²) in [5.74, 6) is 0.822. The summed E-state index contributed by atoms with van der Waals surface area (Å²) in [6, 6.07) is 12.5. The van der Waals surface area contributed by atoms with Gasteiger partial charge in [-0.25, -0.2) is 0 Å². The average Bonchev–Trinajstić information content (AvgIpc) is 2.46. The third-order valence-electron chi connectivity index (χ3n) is 4.32. The van der Waals surface area contributed by atoms with Crippen LogP contribution >= 0.6 is 0 Å². The maximum atomic E-state index is 9.42. The van der Waals surface area contributed by atoms with Crippen LogP contribution in [0.4, 0.5) is 0 Å². The summed E-state index contributed by atoms with van der Waals surface area (Å²) < 4.78 is 5.78. The summed E-state index contributed by atoms with van der Waals surface area (Å²) in [7, 11) is 0. The van der Waals surface area contributed by atoms with Gasteiger partial charge >= 0.3 is 0 Å². The Hall–Kier alpha value is -1.95. The molecule has 3 nitrogen and oxygen atoms in total. The van der Waals surface area contributed by atoms with E-state index in [4.69, 9.17) is 10.5 Å². The lowest BCUT2D eigenvalue weighted by atomic mass is 9.71. The lowest BCUT2D eigenvalue weighted by molar-refractivity contribution is 0.00691. The molecule has 0 radical (unpaired) electrons. The van der Waals surface area contributed by atoms with Gasteiger partial charge in [-0.3, -0.25) is 0 Å². The molecule has 1 aromatic rings. The van der Waals surface area contributed by atoms with Gasteiger partial charge in [0.25, 0.3) is 0 Å². The zero-order chi connectivity index (χ0) is 13.2. The molecule has 19 heavy (non-hydrogen) atoms. The van der Waals surface area contributed by atoms with E-state index in [-0.39, 0.29) is 12.0 Å². The molecule has 3 rings (SSSR count). The van der Waals surface area contributed by atoms with Crippen LogP contribution in [0.15, 0.2) is 41.8 Å². The van der Waals surface area contributed by atoms with Crippen molar-refractivity contribution in [2.45, 2.75) is 37.7 Å². The minimum atomic E-state index is 0.102. The smallest absolute Gasteiger partial charge is 0.199 e. The van der Waals surface area contributed by atoms with Crippen LogP contribution in [0.25, 0.3) is 0 Å². The molecule has 0 bridgehead atoms. The Bertz CT molecular complexity index is 529. The Morgan fingerprint density at radius 3 is 2.63 bits per heavy atom. The number of rotatable bonds is 1. The molecule has 0 amide bonds. The summed E-state index contributed by atoms with van der Waals surface area (Å²) in [4.78, 5) is 0. The standard InChI is InChI=1S/C16H18N2O/c17-10-13-15(11-6-2-1-3-7-11)12-8-4-5-9-14(12)19-16(13)18/h1-3,6-7,12,14-15H,4-5,8-9,18H2. The quantitative estimate of drug-likeness (QED) is 0.838. The van der Waals surface area contributed by atoms with Crippen molar-refractivity contribution in [3.8, 4) is 6.07 Å². The highest BCUT2D eigenvalue weighted by atomic mass is 16.5. The fourth-order valence-electron chi connectivity index (χ4n) is 3.45. The van der Waals surface area contributed by atoms with E-state index >= 15 is 0 Å². The second kappa shape index (κ2) is 4.97. The van der Waals surface area contributed by atoms with Crippen LogP contribution in [0.2, 0.25) is 0 Å². The van der Waals surface area contributed by atoms with E-state index in [9.17, 15) is 5.26 Å². The van der Waals surface area contributed by atoms with Crippen LogP contribution in [-0.4, -0.2) is 6.10 Å². The minimum Gasteiger partial charge on any atom is -0.475 e. The first-order chi connectivity index (χ1) is 9.31. The third-order valence-corrected chi connectivity index (χ3v) is 4.32. The second-order valence-corrected chi connectivity index (χ2v) is 5.38. The van der Waals surface area contributed by atoms with E-state index in [2.05, 4.69) is 18.2 Å². The van der Waals surface area contributed by atoms with E-state index in [1.54, 1.807) is 0 Å². The molecule has 0 saturated heterocycles. The number of benzene rings is 1. The van der Waals surface area contributed by atoms with Gasteiger partial charge in [0.15, 0.2) is 5.88 Å². The molecule has 3 atom stereocenters. The Kier molecular flexibility index (Phi) is 3.16. The Labute approximate surface area is 113 Å². The maximum absolute atomic E-state index is 9.42. The molecule has 2 N–H and O–H groups in total. The molecule has 1 aliphatic carbocycles. The highest BCUT2D eigenvalue weighted by Gasteiger charge is 2.41. The predicted molar refractivity (Wildman–Crippen MR) is 72.8 cm³/mol. The van der Waals surface area contributed by atoms with Gasteiger partial charge < -0.3 is 10.5 Å². The maximum Gasteiger partial charge on any atom is 0.199 e. The van der Waals surface area contributed by atoms with Crippen LogP contribution in [0.1, 0.15) is 37.2 Å². The number of hydrogen-bond donors (Lipinski definition) is 1. The number of allylic oxidation sites excluding steroid dienone is 1. The van der Waals surface area contributed by atoms with Crippen LogP contribution in [0.5, 0.6) is 0 Å². The van der Waals surface area contributed by atoms with Crippen LogP contribution < -0.4 is 5.73 Å². The summed E-state index contributed by atoms with van der Waals surface area (Å²) in [6.45, 7) is 0. The van der Waals surface area contributed by atoms with Crippen molar-refractivity contribution in [2.24, 2.45) is 11.7 Å². The first-order valence-electron chi connectivity index (χ1n) is 6.92. The van der Waals surface area contributed by atoms with Gasteiger partial charge in [0.2, 0.25) is 0 Å². The van der Waals surface area contributed by atoms with Gasteiger partial charge in [0.1, 0.15) is 12.2 Å². The lowest BCUT2D eigenvalue weighted by Crippen LogP contribution is -2.38. The van der Waals surface area contributed by atoms with Crippen molar-refractivity contribution in [3.63, 3.8) is 0 Å². The fourth-order valence-corrected chi connectivity index (χ4v) is 3.45. The monoisotopic (exact) mass is 254 g/mol. The number of nitrogens with zero attached hydrogens (tertiary/aromatic N) is 1. The first-order valence-corrected chi connectivity index (χ1v) is 6.92. The first kappa shape index (κ1) is 12.1. The molecule has 2 aliphatic rings. The van der Waals surface area contributed by atoms with Gasteiger partial charge in [-0.15, -0.1) is 0 Å². The van der Waals surface area contributed by atoms with Crippen molar-refractivity contribution >= 4 is 0 Å². The molecular weight excluding hydrogens is 236 g/mol. The molecule has 1 saturated carbocycles. The molecule has 0 spiro atoms. The number of nitriles is 1. The summed E-state index contributed by atoms with van der Waals surface area (Å²) in [6.07, 6.45) is 4.75. The molecule has 1 aromatic carbocycles. The summed E-state index contributed by atoms with van der Waals surface area (Å²) in [5.41, 5.74) is 7.75. The second-order valence-electron chi connectivity index (χ2n) is 5.38. The van der Waals surface area contributed by atoms with Crippen molar-refractivity contribution < 1.29 is 4.74 Å². The zero-order valence-corrected chi connectivity index (χ0v) is 10.9. The highest BCUT2D eigenvalue weighted by molar-refractivity contribution is 5.40. The largest absolute Gasteiger partial charge is 0.475 e. The third kappa shape index (κ3) is 2.08. The normalized spacial score (nSPS) is 30.2. The fraction of sp³-hybridized carbons (Fsp3) is 0.438. The Morgan fingerprint density at radius 2 is 1.89 bits per heavy atom. The van der Waals surface area contributed by atoms with Crippen molar-refractivity contribution in [1.82, 2.24) is 0 Å². The molecule has 3 unspecified atom stereocenters. The van der Waals surface area contributed by atoms with E-state index in [0.29, 0.717) is 17.4 Å². The van der Waals surface area contributed by atoms with Crippen LogP contribution in [-0.2, 0) is 4.74 Å². The van der Waals surface area contributed by atoms with Gasteiger partial charge in [-0.2, -0.15) is 5.26 Å². The van der Waals surface area contributed by atoms with Crippen molar-refractivity contribution in [3.05, 3.63) is 47.4 Å². The molecule has 98 valence electrons. The lowest BCUT2D eigenvalue weighted by Gasteiger charge is -2.41. The van der Waals surface area contributed by atoms with Crippen LogP contribution in [0.3, 0.4) is 0 Å². The molecular formula is C16H18N2O. The Morgan fingerprint density at radius 1 is 1.16 bits per heavy atom. The van der Waals surface area contributed by atoms with E-state index in [0.717, 1.165) is 12.8 Å². The average molecular weight is 254 g/mol.